The van der Waals surface area contributed by atoms with E-state index >= 15 is 0 Å². The second-order valence-electron chi connectivity index (χ2n) is 4.75. The average Bonchev–Trinajstić information content (AvgIpc) is 2.51. The third kappa shape index (κ3) is 5.79. The van der Waals surface area contributed by atoms with Gasteiger partial charge in [0.15, 0.2) is 16.9 Å². The molecule has 0 fully saturated rings. The van der Waals surface area contributed by atoms with Gasteiger partial charge in [0.05, 0.1) is 0 Å². The smallest absolute Gasteiger partial charge is 1.00 e. The Morgan fingerprint density at radius 3 is 2.00 bits per heavy atom. The summed E-state index contributed by atoms with van der Waals surface area (Å²) in [7, 11) is -4.67. The Kier molecular flexibility index (Phi) is 7.79. The van der Waals surface area contributed by atoms with E-state index in [1.807, 2.05) is 6.07 Å². The molecule has 1 heterocycles. The second kappa shape index (κ2) is 8.97. The van der Waals surface area contributed by atoms with Crippen LogP contribution in [0.3, 0.4) is 0 Å². The summed E-state index contributed by atoms with van der Waals surface area (Å²) in [6.07, 6.45) is 0. The molecule has 26 heavy (non-hydrogen) atoms. The van der Waals surface area contributed by atoms with Gasteiger partial charge in [-0.25, -0.2) is 0 Å². The first-order valence-corrected chi connectivity index (χ1v) is 7.94. The minimum absolute atomic E-state index is 0. The number of hydrogen-bond donors (Lipinski definition) is 5. The fourth-order valence-electron chi connectivity index (χ4n) is 2.02. The first-order valence-electron chi connectivity index (χ1n) is 6.55. The van der Waals surface area contributed by atoms with Gasteiger partial charge in [-0.2, -0.15) is 8.42 Å². The van der Waals surface area contributed by atoms with Gasteiger partial charge in [0.25, 0.3) is 0 Å². The first-order chi connectivity index (χ1) is 11.6. The summed E-state index contributed by atoms with van der Waals surface area (Å²) in [6, 6.07) is 11.3. The molecule has 0 saturated heterocycles. The third-order valence-electron chi connectivity index (χ3n) is 3.00. The van der Waals surface area contributed by atoms with E-state index in [2.05, 4.69) is 0 Å². The molecule has 134 valence electrons. The zero-order valence-electron chi connectivity index (χ0n) is 14.3. The normalized spacial score (nSPS) is 10.5. The van der Waals surface area contributed by atoms with Crippen LogP contribution in [0.1, 0.15) is 1.43 Å². The Balaban J connectivity index is 0.000000864. The van der Waals surface area contributed by atoms with Crippen molar-refractivity contribution in [3.8, 4) is 28.6 Å². The summed E-state index contributed by atoms with van der Waals surface area (Å²) < 4.78 is 37.1. The number of aromatic hydroxyl groups is 3. The largest absolute Gasteiger partial charge is 1.00 e. The van der Waals surface area contributed by atoms with Crippen molar-refractivity contribution in [2.24, 2.45) is 0 Å². The maximum absolute atomic E-state index is 12.0. The topological polar surface area (TPSA) is 166 Å². The van der Waals surface area contributed by atoms with Crippen LogP contribution in [-0.2, 0) is 10.4 Å². The fraction of sp³-hybridized carbons (Fsp3) is 0. The van der Waals surface area contributed by atoms with E-state index in [0.29, 0.717) is 11.3 Å². The van der Waals surface area contributed by atoms with Gasteiger partial charge in [0.2, 0.25) is 5.75 Å². The van der Waals surface area contributed by atoms with E-state index in [1.54, 1.807) is 24.3 Å². The van der Waals surface area contributed by atoms with Crippen molar-refractivity contribution in [1.82, 2.24) is 0 Å². The molecule has 0 amide bonds. The van der Waals surface area contributed by atoms with E-state index in [1.165, 1.54) is 6.07 Å². The Labute approximate surface area is 191 Å². The Bertz CT molecular complexity index is 1070. The average molecular weight is 408 g/mol. The molecule has 0 unspecified atom stereocenters. The molecule has 1 aromatic heterocycles. The van der Waals surface area contributed by atoms with Crippen molar-refractivity contribution in [2.45, 2.75) is 0 Å². The standard InChI is InChI=1S/C15H10O5.K.H2O4S.H/c16-9-6-11(8-4-2-1-3-5-8)20-12-7-10(17)14(18)15(19)13(9)12;;1-5(2,3)4;/h1-7,17-19H;;(H2,1,2,3,4);/q;+1;;-1. The van der Waals surface area contributed by atoms with Crippen LogP contribution in [0.2, 0.25) is 0 Å². The molecule has 0 spiro atoms. The molecule has 11 heteroatoms. The fourth-order valence-corrected chi connectivity index (χ4v) is 2.02. The maximum atomic E-state index is 12.0. The Morgan fingerprint density at radius 2 is 1.46 bits per heavy atom. The van der Waals surface area contributed by atoms with Crippen LogP contribution in [0.5, 0.6) is 17.2 Å². The number of phenolic OH excluding ortho intramolecular Hbond substituents is 3. The van der Waals surface area contributed by atoms with Gasteiger partial charge in [0, 0.05) is 17.7 Å². The zero-order chi connectivity index (χ0) is 18.8. The minimum atomic E-state index is -4.67. The quantitative estimate of drug-likeness (QED) is 0.194. The SMILES string of the molecule is O=S(=O)(O)O.O=c1cc(-c2ccccc2)oc2cc(O)c(O)c(O)c12.[H-].[K+]. The number of phenols is 3. The van der Waals surface area contributed by atoms with Crippen molar-refractivity contribution in [2.75, 3.05) is 0 Å². The van der Waals surface area contributed by atoms with Crippen LogP contribution < -0.4 is 56.8 Å². The van der Waals surface area contributed by atoms with Crippen molar-refractivity contribution >= 4 is 21.4 Å². The summed E-state index contributed by atoms with van der Waals surface area (Å²) in [5, 5.41) is 28.5. The van der Waals surface area contributed by atoms with Crippen LogP contribution in [0, 0.1) is 0 Å². The van der Waals surface area contributed by atoms with Crippen molar-refractivity contribution < 1.29 is 90.1 Å². The van der Waals surface area contributed by atoms with Crippen molar-refractivity contribution in [1.29, 1.82) is 0 Å². The van der Waals surface area contributed by atoms with Crippen LogP contribution >= 0.6 is 0 Å². The number of hydrogen-bond acceptors (Lipinski definition) is 7. The second-order valence-corrected chi connectivity index (χ2v) is 5.65. The zero-order valence-corrected chi connectivity index (χ0v) is 17.3. The summed E-state index contributed by atoms with van der Waals surface area (Å²) >= 11 is 0. The van der Waals surface area contributed by atoms with Gasteiger partial charge in [-0.3, -0.25) is 13.9 Å². The molecule has 0 aliphatic rings. The van der Waals surface area contributed by atoms with Crippen LogP contribution in [0.25, 0.3) is 22.3 Å². The molecule has 0 bridgehead atoms. The molecule has 0 aliphatic carbocycles. The summed E-state index contributed by atoms with van der Waals surface area (Å²) in [5.41, 5.74) is 0.195. The molecule has 0 atom stereocenters. The summed E-state index contributed by atoms with van der Waals surface area (Å²) in [4.78, 5) is 12.0. The van der Waals surface area contributed by atoms with Gasteiger partial charge in [-0.1, -0.05) is 30.3 Å². The maximum Gasteiger partial charge on any atom is 1.00 e. The van der Waals surface area contributed by atoms with Gasteiger partial charge in [0.1, 0.15) is 16.7 Å². The molecule has 5 N–H and O–H groups in total. The van der Waals surface area contributed by atoms with E-state index in [0.717, 1.165) is 6.07 Å². The van der Waals surface area contributed by atoms with E-state index in [4.69, 9.17) is 21.9 Å². The molecule has 2 aromatic carbocycles. The minimum Gasteiger partial charge on any atom is -1.00 e. The Morgan fingerprint density at radius 1 is 0.923 bits per heavy atom. The van der Waals surface area contributed by atoms with Crippen LogP contribution in [0.4, 0.5) is 0 Å². The summed E-state index contributed by atoms with van der Waals surface area (Å²) in [6.45, 7) is 0. The number of fused-ring (bicyclic) bond motifs is 1. The predicted molar refractivity (Wildman–Crippen MR) is 88.2 cm³/mol. The van der Waals surface area contributed by atoms with Gasteiger partial charge in [-0.05, 0) is 0 Å². The van der Waals surface area contributed by atoms with E-state index < -0.39 is 33.1 Å². The molecule has 0 aliphatic heterocycles. The molecule has 3 rings (SSSR count). The third-order valence-corrected chi connectivity index (χ3v) is 3.00. The number of rotatable bonds is 1. The molecule has 9 nitrogen and oxygen atoms in total. The molecular weight excluding hydrogens is 395 g/mol. The van der Waals surface area contributed by atoms with Gasteiger partial charge in [-0.15, -0.1) is 0 Å². The van der Waals surface area contributed by atoms with E-state index in [-0.39, 0.29) is 63.8 Å². The van der Waals surface area contributed by atoms with Crippen LogP contribution in [0.15, 0.2) is 51.7 Å². The number of benzene rings is 2. The molecule has 3 aromatic rings. The predicted octanol–water partition coefficient (Wildman–Crippen LogP) is -0.959. The molecule has 0 saturated carbocycles. The molecular formula is C15H13KO9S. The molecule has 0 radical (unpaired) electrons. The first kappa shape index (κ1) is 22.6. The van der Waals surface area contributed by atoms with Crippen molar-refractivity contribution in [3.05, 3.63) is 52.7 Å². The van der Waals surface area contributed by atoms with Gasteiger partial charge < -0.3 is 21.2 Å². The Hall–Kier alpha value is -1.44. The van der Waals surface area contributed by atoms with Crippen molar-refractivity contribution in [3.63, 3.8) is 0 Å². The monoisotopic (exact) mass is 408 g/mol. The van der Waals surface area contributed by atoms with Gasteiger partial charge >= 0.3 is 61.8 Å². The summed E-state index contributed by atoms with van der Waals surface area (Å²) in [5.74, 6) is -1.67. The van der Waals surface area contributed by atoms with Crippen LogP contribution in [-0.4, -0.2) is 32.8 Å². The van der Waals surface area contributed by atoms with E-state index in [9.17, 15) is 20.1 Å².